The standard InChI is InChI=1S/C12H14ClN3/c1-14-7-6-12-15-8-11(16-12)9-2-4-10(13)5-3-9/h2-5,8,14H,6-7H2,1H3,(H,15,16). The number of nitrogens with one attached hydrogen (secondary N) is 2. The minimum atomic E-state index is 0.749. The van der Waals surface area contributed by atoms with Crippen LogP contribution in [0.4, 0.5) is 0 Å². The molecule has 0 aliphatic carbocycles. The molecule has 3 nitrogen and oxygen atoms in total. The number of H-pyrrole nitrogens is 1. The van der Waals surface area contributed by atoms with Gasteiger partial charge < -0.3 is 10.3 Å². The van der Waals surface area contributed by atoms with Gasteiger partial charge in [0.25, 0.3) is 0 Å². The highest BCUT2D eigenvalue weighted by molar-refractivity contribution is 6.30. The number of imidazole rings is 1. The van der Waals surface area contributed by atoms with E-state index in [0.717, 1.165) is 35.1 Å². The lowest BCUT2D eigenvalue weighted by Crippen LogP contribution is -2.10. The molecule has 2 N–H and O–H groups in total. The highest BCUT2D eigenvalue weighted by Crippen LogP contribution is 2.19. The SMILES string of the molecule is CNCCc1ncc(-c2ccc(Cl)cc2)[nH]1. The molecule has 0 fully saturated rings. The van der Waals surface area contributed by atoms with E-state index in [4.69, 9.17) is 11.6 Å². The van der Waals surface area contributed by atoms with Gasteiger partial charge in [-0.1, -0.05) is 23.7 Å². The maximum atomic E-state index is 5.84. The van der Waals surface area contributed by atoms with Gasteiger partial charge in [-0.25, -0.2) is 4.98 Å². The van der Waals surface area contributed by atoms with Crippen molar-refractivity contribution in [2.24, 2.45) is 0 Å². The van der Waals surface area contributed by atoms with Crippen LogP contribution in [0.5, 0.6) is 0 Å². The van der Waals surface area contributed by atoms with Crippen molar-refractivity contribution in [2.45, 2.75) is 6.42 Å². The topological polar surface area (TPSA) is 40.7 Å². The summed E-state index contributed by atoms with van der Waals surface area (Å²) in [5.41, 5.74) is 2.13. The van der Waals surface area contributed by atoms with E-state index in [0.29, 0.717) is 0 Å². The molecule has 2 rings (SSSR count). The first kappa shape index (κ1) is 11.2. The van der Waals surface area contributed by atoms with Gasteiger partial charge in [0.15, 0.2) is 0 Å². The molecule has 2 aromatic rings. The van der Waals surface area contributed by atoms with Gasteiger partial charge >= 0.3 is 0 Å². The molecule has 0 unspecified atom stereocenters. The number of nitrogens with zero attached hydrogens (tertiary/aromatic N) is 1. The molecule has 0 saturated carbocycles. The quantitative estimate of drug-likeness (QED) is 0.855. The summed E-state index contributed by atoms with van der Waals surface area (Å²) in [6.07, 6.45) is 2.76. The monoisotopic (exact) mass is 235 g/mol. The Morgan fingerprint density at radius 1 is 1.31 bits per heavy atom. The van der Waals surface area contributed by atoms with E-state index in [-0.39, 0.29) is 0 Å². The number of hydrogen-bond acceptors (Lipinski definition) is 2. The first-order chi connectivity index (χ1) is 7.79. The van der Waals surface area contributed by atoms with Gasteiger partial charge in [-0.05, 0) is 24.7 Å². The van der Waals surface area contributed by atoms with Gasteiger partial charge in [-0.3, -0.25) is 0 Å². The fourth-order valence-corrected chi connectivity index (χ4v) is 1.64. The minimum absolute atomic E-state index is 0.749. The molecule has 4 heteroatoms. The van der Waals surface area contributed by atoms with E-state index in [1.165, 1.54) is 0 Å². The summed E-state index contributed by atoms with van der Waals surface area (Å²) in [7, 11) is 1.93. The van der Waals surface area contributed by atoms with Crippen LogP contribution < -0.4 is 5.32 Å². The zero-order chi connectivity index (χ0) is 11.4. The van der Waals surface area contributed by atoms with Gasteiger partial charge in [0.05, 0.1) is 11.9 Å². The zero-order valence-electron chi connectivity index (χ0n) is 9.13. The van der Waals surface area contributed by atoms with Gasteiger partial charge in [-0.15, -0.1) is 0 Å². The van der Waals surface area contributed by atoms with Crippen LogP contribution in [0, 0.1) is 0 Å². The van der Waals surface area contributed by atoms with Crippen LogP contribution >= 0.6 is 11.6 Å². The summed E-state index contributed by atoms with van der Waals surface area (Å²) in [6, 6.07) is 7.73. The highest BCUT2D eigenvalue weighted by atomic mass is 35.5. The Morgan fingerprint density at radius 2 is 2.06 bits per heavy atom. The van der Waals surface area contributed by atoms with Gasteiger partial charge in [0.2, 0.25) is 0 Å². The normalized spacial score (nSPS) is 10.6. The Kier molecular flexibility index (Phi) is 3.59. The number of halogens is 1. The van der Waals surface area contributed by atoms with Crippen LogP contribution in [0.25, 0.3) is 11.3 Å². The molecule has 0 atom stereocenters. The van der Waals surface area contributed by atoms with Crippen LogP contribution in [-0.4, -0.2) is 23.6 Å². The maximum Gasteiger partial charge on any atom is 0.107 e. The van der Waals surface area contributed by atoms with E-state index >= 15 is 0 Å². The third kappa shape index (κ3) is 2.62. The third-order valence-corrected chi connectivity index (χ3v) is 2.65. The summed E-state index contributed by atoms with van der Waals surface area (Å²) in [4.78, 5) is 7.61. The lowest BCUT2D eigenvalue weighted by molar-refractivity contribution is 0.764. The van der Waals surface area contributed by atoms with Crippen LogP contribution in [0.3, 0.4) is 0 Å². The van der Waals surface area contributed by atoms with E-state index in [1.54, 1.807) is 0 Å². The average Bonchev–Trinajstić information content (AvgIpc) is 2.76. The molecule has 0 amide bonds. The molecular formula is C12H14ClN3. The number of benzene rings is 1. The summed E-state index contributed by atoms with van der Waals surface area (Å²) < 4.78 is 0. The maximum absolute atomic E-state index is 5.84. The van der Waals surface area contributed by atoms with Crippen LogP contribution in [0.15, 0.2) is 30.5 Å². The molecule has 0 aliphatic heterocycles. The smallest absolute Gasteiger partial charge is 0.107 e. The number of likely N-dealkylation sites (N-methyl/N-ethyl adjacent to an activating group) is 1. The van der Waals surface area contributed by atoms with Gasteiger partial charge in [-0.2, -0.15) is 0 Å². The van der Waals surface area contributed by atoms with Crippen molar-refractivity contribution in [3.63, 3.8) is 0 Å². The molecule has 1 aromatic heterocycles. The Bertz CT molecular complexity index is 448. The Hall–Kier alpha value is -1.32. The molecule has 0 radical (unpaired) electrons. The van der Waals surface area contributed by atoms with Crippen molar-refractivity contribution < 1.29 is 0 Å². The van der Waals surface area contributed by atoms with Gasteiger partial charge in [0.1, 0.15) is 5.82 Å². The minimum Gasteiger partial charge on any atom is -0.342 e. The fourth-order valence-electron chi connectivity index (χ4n) is 1.51. The number of hydrogen-bond donors (Lipinski definition) is 2. The largest absolute Gasteiger partial charge is 0.342 e. The van der Waals surface area contributed by atoms with E-state index < -0.39 is 0 Å². The van der Waals surface area contributed by atoms with Crippen LogP contribution in [0.1, 0.15) is 5.82 Å². The van der Waals surface area contributed by atoms with Crippen molar-refractivity contribution >= 4 is 11.6 Å². The molecule has 1 aromatic carbocycles. The van der Waals surface area contributed by atoms with E-state index in [2.05, 4.69) is 15.3 Å². The van der Waals surface area contributed by atoms with Crippen molar-refractivity contribution in [3.05, 3.63) is 41.3 Å². The Morgan fingerprint density at radius 3 is 2.75 bits per heavy atom. The van der Waals surface area contributed by atoms with Gasteiger partial charge in [0, 0.05) is 18.0 Å². The first-order valence-electron chi connectivity index (χ1n) is 5.24. The van der Waals surface area contributed by atoms with Crippen molar-refractivity contribution in [3.8, 4) is 11.3 Å². The summed E-state index contributed by atoms with van der Waals surface area (Å²) in [5.74, 6) is 0.999. The molecule has 0 saturated heterocycles. The van der Waals surface area contributed by atoms with E-state index in [9.17, 15) is 0 Å². The van der Waals surface area contributed by atoms with Crippen molar-refractivity contribution in [2.75, 3.05) is 13.6 Å². The number of aromatic nitrogens is 2. The second-order valence-corrected chi connectivity index (χ2v) is 4.04. The summed E-state index contributed by atoms with van der Waals surface area (Å²) in [5, 5.41) is 3.84. The summed E-state index contributed by atoms with van der Waals surface area (Å²) in [6.45, 7) is 0.924. The molecule has 16 heavy (non-hydrogen) atoms. The molecule has 0 bridgehead atoms. The van der Waals surface area contributed by atoms with Crippen LogP contribution in [-0.2, 0) is 6.42 Å². The molecule has 0 spiro atoms. The lowest BCUT2D eigenvalue weighted by Gasteiger charge is -1.98. The molecular weight excluding hydrogens is 222 g/mol. The number of aromatic amines is 1. The molecule has 1 heterocycles. The first-order valence-corrected chi connectivity index (χ1v) is 5.62. The lowest BCUT2D eigenvalue weighted by atomic mass is 10.2. The highest BCUT2D eigenvalue weighted by Gasteiger charge is 2.02. The second-order valence-electron chi connectivity index (χ2n) is 3.60. The second kappa shape index (κ2) is 5.14. The predicted octanol–water partition coefficient (Wildman–Crippen LogP) is 2.49. The zero-order valence-corrected chi connectivity index (χ0v) is 9.88. The van der Waals surface area contributed by atoms with Crippen molar-refractivity contribution in [1.82, 2.24) is 15.3 Å². The summed E-state index contributed by atoms with van der Waals surface area (Å²) >= 11 is 5.84. The molecule has 0 aliphatic rings. The average molecular weight is 236 g/mol. The third-order valence-electron chi connectivity index (χ3n) is 2.40. The predicted molar refractivity (Wildman–Crippen MR) is 66.7 cm³/mol. The van der Waals surface area contributed by atoms with Crippen molar-refractivity contribution in [1.29, 1.82) is 0 Å². The molecule has 84 valence electrons. The van der Waals surface area contributed by atoms with Crippen LogP contribution in [0.2, 0.25) is 5.02 Å². The number of rotatable bonds is 4. The van der Waals surface area contributed by atoms with E-state index in [1.807, 2.05) is 37.5 Å². The Labute approximate surface area is 99.9 Å². The Balaban J connectivity index is 2.15. The fraction of sp³-hybridized carbons (Fsp3) is 0.250.